The molecule has 28 heavy (non-hydrogen) atoms. The first-order valence-corrected chi connectivity index (χ1v) is 10.2. The molecule has 0 aromatic carbocycles. The first-order valence-electron chi connectivity index (χ1n) is 10.2. The second-order valence-electron chi connectivity index (χ2n) is 8.26. The maximum Gasteiger partial charge on any atom is 0.317 e. The lowest BCUT2D eigenvalue weighted by Crippen LogP contribution is -2.48. The molecule has 3 unspecified atom stereocenters. The van der Waals surface area contributed by atoms with Crippen molar-refractivity contribution in [3.8, 4) is 0 Å². The number of rotatable bonds is 2. The number of hydrogen-bond acceptors (Lipinski definition) is 5. The zero-order chi connectivity index (χ0) is 19.8. The van der Waals surface area contributed by atoms with Gasteiger partial charge in [0.05, 0.1) is 25.4 Å². The number of amides is 3. The van der Waals surface area contributed by atoms with Crippen LogP contribution in [0.1, 0.15) is 54.4 Å². The zero-order valence-corrected chi connectivity index (χ0v) is 16.6. The number of hydrogen-bond donors (Lipinski definition) is 2. The zero-order valence-electron chi connectivity index (χ0n) is 16.6. The molecule has 1 aromatic rings. The fraction of sp³-hybridized carbons (Fsp3) is 0.737. The summed E-state index contributed by atoms with van der Waals surface area (Å²) in [5, 5.41) is 18.4. The van der Waals surface area contributed by atoms with Crippen LogP contribution in [-0.2, 0) is 24.3 Å². The van der Waals surface area contributed by atoms with Crippen LogP contribution in [0.4, 0.5) is 4.79 Å². The van der Waals surface area contributed by atoms with Crippen LogP contribution in [0.25, 0.3) is 0 Å². The van der Waals surface area contributed by atoms with Gasteiger partial charge in [0.1, 0.15) is 11.8 Å². The van der Waals surface area contributed by atoms with E-state index in [4.69, 9.17) is 4.84 Å². The average Bonchev–Trinajstić information content (AvgIpc) is 2.97. The molecule has 2 N–H and O–H groups in total. The molecule has 3 atom stereocenters. The number of nitrogens with one attached hydrogen (secondary N) is 1. The normalized spacial score (nSPS) is 27.8. The molecule has 0 bridgehead atoms. The van der Waals surface area contributed by atoms with Crippen LogP contribution >= 0.6 is 0 Å². The Morgan fingerprint density at radius 2 is 2.21 bits per heavy atom. The highest BCUT2D eigenvalue weighted by atomic mass is 16.7. The molecule has 3 heterocycles. The molecule has 3 aliphatic rings. The minimum Gasteiger partial charge on any atom is -0.393 e. The van der Waals surface area contributed by atoms with Gasteiger partial charge < -0.3 is 15.3 Å². The SMILES string of the molecule is CC1CCCC(NC(=O)N2CCc3nn4c(c3C2)C(=O)N(C)OC(CO)C4)C1. The first kappa shape index (κ1) is 19.2. The summed E-state index contributed by atoms with van der Waals surface area (Å²) in [5.41, 5.74) is 2.10. The first-order chi connectivity index (χ1) is 13.5. The summed E-state index contributed by atoms with van der Waals surface area (Å²) in [7, 11) is 1.54. The van der Waals surface area contributed by atoms with Crippen LogP contribution in [0.2, 0.25) is 0 Å². The maximum atomic E-state index is 12.8. The molecule has 154 valence electrons. The van der Waals surface area contributed by atoms with E-state index in [1.165, 1.54) is 13.5 Å². The summed E-state index contributed by atoms with van der Waals surface area (Å²) in [6.07, 6.45) is 4.53. The highest BCUT2D eigenvalue weighted by Gasteiger charge is 2.35. The minimum absolute atomic E-state index is 0.0661. The van der Waals surface area contributed by atoms with Crippen molar-refractivity contribution in [2.24, 2.45) is 5.92 Å². The summed E-state index contributed by atoms with van der Waals surface area (Å²) in [6, 6.07) is 0.164. The Balaban J connectivity index is 1.51. The molecule has 0 saturated heterocycles. The second-order valence-corrected chi connectivity index (χ2v) is 8.26. The predicted octanol–water partition coefficient (Wildman–Crippen LogP) is 0.908. The largest absolute Gasteiger partial charge is 0.393 e. The third-order valence-electron chi connectivity index (χ3n) is 6.03. The van der Waals surface area contributed by atoms with Gasteiger partial charge in [-0.25, -0.2) is 9.86 Å². The van der Waals surface area contributed by atoms with E-state index < -0.39 is 6.10 Å². The molecular weight excluding hydrogens is 362 g/mol. The van der Waals surface area contributed by atoms with Crippen LogP contribution in [-0.4, -0.2) is 69.1 Å². The highest BCUT2D eigenvalue weighted by molar-refractivity contribution is 5.94. The summed E-state index contributed by atoms with van der Waals surface area (Å²) in [4.78, 5) is 32.9. The van der Waals surface area contributed by atoms with Crippen LogP contribution in [0.15, 0.2) is 0 Å². The van der Waals surface area contributed by atoms with Crippen LogP contribution < -0.4 is 5.32 Å². The van der Waals surface area contributed by atoms with Crippen molar-refractivity contribution in [1.29, 1.82) is 0 Å². The van der Waals surface area contributed by atoms with E-state index in [9.17, 15) is 14.7 Å². The third kappa shape index (κ3) is 3.60. The summed E-state index contributed by atoms with van der Waals surface area (Å²) >= 11 is 0. The lowest BCUT2D eigenvalue weighted by Gasteiger charge is -2.32. The maximum absolute atomic E-state index is 12.8. The van der Waals surface area contributed by atoms with Crippen LogP contribution in [0.5, 0.6) is 0 Å². The molecule has 4 rings (SSSR count). The number of aliphatic hydroxyl groups is 1. The Kier molecular flexibility index (Phi) is 5.29. The van der Waals surface area contributed by atoms with E-state index >= 15 is 0 Å². The average molecular weight is 391 g/mol. The number of aliphatic hydroxyl groups excluding tert-OH is 1. The van der Waals surface area contributed by atoms with Gasteiger partial charge in [-0.15, -0.1) is 0 Å². The Bertz CT molecular complexity index is 764. The molecule has 9 nitrogen and oxygen atoms in total. The van der Waals surface area contributed by atoms with Crippen molar-refractivity contribution < 1.29 is 19.5 Å². The molecule has 1 saturated carbocycles. The fourth-order valence-electron chi connectivity index (χ4n) is 4.54. The van der Waals surface area contributed by atoms with Crippen molar-refractivity contribution in [2.75, 3.05) is 20.2 Å². The van der Waals surface area contributed by atoms with Gasteiger partial charge in [0.25, 0.3) is 5.91 Å². The number of urea groups is 1. The van der Waals surface area contributed by atoms with E-state index in [1.54, 1.807) is 9.58 Å². The van der Waals surface area contributed by atoms with E-state index in [2.05, 4.69) is 17.3 Å². The van der Waals surface area contributed by atoms with Gasteiger partial charge in [0.2, 0.25) is 0 Å². The Morgan fingerprint density at radius 3 is 2.96 bits per heavy atom. The summed E-state index contributed by atoms with van der Waals surface area (Å²) < 4.78 is 1.63. The van der Waals surface area contributed by atoms with Crippen molar-refractivity contribution in [2.45, 2.75) is 64.3 Å². The Hall–Kier alpha value is -2.13. The molecule has 9 heteroatoms. The molecule has 1 aliphatic carbocycles. The van der Waals surface area contributed by atoms with Gasteiger partial charge in [-0.05, 0) is 18.8 Å². The molecule has 2 aliphatic heterocycles. The number of fused-ring (bicyclic) bond motifs is 3. The van der Waals surface area contributed by atoms with Crippen molar-refractivity contribution in [3.05, 3.63) is 17.0 Å². The van der Waals surface area contributed by atoms with E-state index in [0.717, 1.165) is 35.6 Å². The standard InChI is InChI=1S/C19H29N5O4/c1-12-4-3-5-13(8-12)20-19(27)23-7-6-16-15(10-23)17-18(26)22(2)28-14(11-25)9-24(17)21-16/h12-14,25H,3-11H2,1-2H3,(H,20,27). The van der Waals surface area contributed by atoms with Crippen molar-refractivity contribution in [3.63, 3.8) is 0 Å². The fourth-order valence-corrected chi connectivity index (χ4v) is 4.54. The number of hydroxylamine groups is 2. The summed E-state index contributed by atoms with van der Waals surface area (Å²) in [5.74, 6) is 0.346. The van der Waals surface area contributed by atoms with Gasteiger partial charge >= 0.3 is 6.03 Å². The molecular formula is C19H29N5O4. The van der Waals surface area contributed by atoms with E-state index in [-0.39, 0.29) is 24.6 Å². The number of aromatic nitrogens is 2. The third-order valence-corrected chi connectivity index (χ3v) is 6.03. The molecule has 3 amide bonds. The van der Waals surface area contributed by atoms with Gasteiger partial charge in [0.15, 0.2) is 0 Å². The highest BCUT2D eigenvalue weighted by Crippen LogP contribution is 2.27. The number of carbonyl (C=O) groups excluding carboxylic acids is 2. The lowest BCUT2D eigenvalue weighted by atomic mass is 9.87. The lowest BCUT2D eigenvalue weighted by molar-refractivity contribution is -0.159. The van der Waals surface area contributed by atoms with E-state index in [1.807, 2.05) is 0 Å². The smallest absolute Gasteiger partial charge is 0.317 e. The predicted molar refractivity (Wildman–Crippen MR) is 100 cm³/mol. The van der Waals surface area contributed by atoms with Gasteiger partial charge in [-0.3, -0.25) is 14.3 Å². The minimum atomic E-state index is -0.524. The van der Waals surface area contributed by atoms with Gasteiger partial charge in [-0.2, -0.15) is 5.10 Å². The quantitative estimate of drug-likeness (QED) is 0.781. The second kappa shape index (κ2) is 7.71. The topological polar surface area (TPSA) is 99.9 Å². The summed E-state index contributed by atoms with van der Waals surface area (Å²) in [6.45, 7) is 3.29. The van der Waals surface area contributed by atoms with E-state index in [0.29, 0.717) is 37.7 Å². The molecule has 0 radical (unpaired) electrons. The van der Waals surface area contributed by atoms with Gasteiger partial charge in [0, 0.05) is 31.6 Å². The van der Waals surface area contributed by atoms with Crippen LogP contribution in [0, 0.1) is 5.92 Å². The Morgan fingerprint density at radius 1 is 1.39 bits per heavy atom. The van der Waals surface area contributed by atoms with Gasteiger partial charge in [-0.1, -0.05) is 19.8 Å². The molecule has 1 aromatic heterocycles. The van der Waals surface area contributed by atoms with Crippen molar-refractivity contribution in [1.82, 2.24) is 25.1 Å². The van der Waals surface area contributed by atoms with Crippen LogP contribution in [0.3, 0.4) is 0 Å². The Labute approximate surface area is 164 Å². The monoisotopic (exact) mass is 391 g/mol. The van der Waals surface area contributed by atoms with Crippen molar-refractivity contribution >= 4 is 11.9 Å². The molecule has 0 spiro atoms. The number of carbonyl (C=O) groups is 2. The number of nitrogens with zero attached hydrogens (tertiary/aromatic N) is 4. The molecule has 1 fully saturated rings.